The molecule has 4 nitrogen and oxygen atoms in total. The molecule has 7 heteroatoms. The van der Waals surface area contributed by atoms with Gasteiger partial charge in [-0.05, 0) is 62.9 Å². The smallest absolute Gasteiger partial charge is 0.243 e. The van der Waals surface area contributed by atoms with Gasteiger partial charge in [0.25, 0.3) is 0 Å². The topological polar surface area (TPSA) is 49.4 Å². The van der Waals surface area contributed by atoms with Crippen molar-refractivity contribution in [1.29, 1.82) is 0 Å². The van der Waals surface area contributed by atoms with Crippen molar-refractivity contribution in [1.82, 2.24) is 10.2 Å². The molecule has 0 aliphatic heterocycles. The summed E-state index contributed by atoms with van der Waals surface area (Å²) >= 11 is 13.8. The van der Waals surface area contributed by atoms with Crippen LogP contribution in [-0.2, 0) is 21.9 Å². The molecule has 0 spiro atoms. The molecule has 1 N–H and O–H groups in total. The maximum Gasteiger partial charge on any atom is 0.243 e. The monoisotopic (exact) mass is 494 g/mol. The minimum atomic E-state index is -0.574. The highest BCUT2D eigenvalue weighted by atomic mass is 35.5. The average molecular weight is 496 g/mol. The zero-order chi connectivity index (χ0) is 23.9. The Kier molecular flexibility index (Phi) is 9.93. The summed E-state index contributed by atoms with van der Waals surface area (Å²) in [4.78, 5) is 28.0. The lowest BCUT2D eigenvalue weighted by Gasteiger charge is -2.33. The van der Waals surface area contributed by atoms with Crippen molar-refractivity contribution in [2.45, 2.75) is 64.9 Å². The van der Waals surface area contributed by atoms with Crippen LogP contribution in [0, 0.1) is 6.92 Å². The highest BCUT2D eigenvalue weighted by molar-refractivity contribution is 7.99. The number of nitrogens with one attached hydrogen (secondary N) is 1. The van der Waals surface area contributed by atoms with Gasteiger partial charge in [0.1, 0.15) is 6.04 Å². The van der Waals surface area contributed by atoms with E-state index in [4.69, 9.17) is 23.2 Å². The van der Waals surface area contributed by atoms with Crippen molar-refractivity contribution in [3.63, 3.8) is 0 Å². The van der Waals surface area contributed by atoms with Gasteiger partial charge in [0.15, 0.2) is 0 Å². The number of benzene rings is 2. The summed E-state index contributed by atoms with van der Waals surface area (Å²) in [5.74, 6) is 0.793. The number of thioether (sulfide) groups is 1. The first-order valence-corrected chi connectivity index (χ1v) is 12.6. The molecule has 0 aliphatic carbocycles. The van der Waals surface area contributed by atoms with E-state index < -0.39 is 6.04 Å². The third-order valence-corrected chi connectivity index (χ3v) is 6.67. The first-order valence-electron chi connectivity index (χ1n) is 10.7. The van der Waals surface area contributed by atoms with E-state index in [2.05, 4.69) is 24.4 Å². The third-order valence-electron chi connectivity index (χ3n) is 4.97. The minimum Gasteiger partial charge on any atom is -0.350 e. The molecule has 174 valence electrons. The van der Waals surface area contributed by atoms with Gasteiger partial charge in [-0.1, -0.05) is 60.5 Å². The van der Waals surface area contributed by atoms with Gasteiger partial charge in [-0.3, -0.25) is 9.59 Å². The maximum atomic E-state index is 13.3. The van der Waals surface area contributed by atoms with Gasteiger partial charge < -0.3 is 10.2 Å². The zero-order valence-corrected chi connectivity index (χ0v) is 21.7. The molecule has 0 radical (unpaired) electrons. The molecule has 0 aromatic heterocycles. The normalized spacial score (nSPS) is 12.3. The number of carbonyl (C=O) groups excluding carboxylic acids is 2. The number of rotatable bonds is 9. The number of hydrogen-bond acceptors (Lipinski definition) is 3. The Balaban J connectivity index is 2.20. The minimum absolute atomic E-state index is 0.0782. The average Bonchev–Trinajstić information content (AvgIpc) is 2.70. The van der Waals surface area contributed by atoms with Crippen LogP contribution in [0.25, 0.3) is 0 Å². The van der Waals surface area contributed by atoms with Gasteiger partial charge in [0.05, 0.1) is 15.8 Å². The molecule has 32 heavy (non-hydrogen) atoms. The molecule has 2 aromatic rings. The van der Waals surface area contributed by atoms with E-state index in [9.17, 15) is 9.59 Å². The molecule has 0 aliphatic rings. The molecular formula is C25H32Cl2N2O2S. The molecule has 0 heterocycles. The largest absolute Gasteiger partial charge is 0.350 e. The fourth-order valence-electron chi connectivity index (χ4n) is 3.31. The number of halogens is 2. The van der Waals surface area contributed by atoms with E-state index >= 15 is 0 Å². The van der Waals surface area contributed by atoms with Crippen LogP contribution in [0.4, 0.5) is 0 Å². The summed E-state index contributed by atoms with van der Waals surface area (Å²) in [6.07, 6.45) is 0.511. The summed E-state index contributed by atoms with van der Waals surface area (Å²) in [6.45, 7) is 10.1. The quantitative estimate of drug-likeness (QED) is 0.447. The molecule has 2 aromatic carbocycles. The Labute approximate surface area is 206 Å². The maximum absolute atomic E-state index is 13.3. The molecule has 2 amide bonds. The van der Waals surface area contributed by atoms with E-state index in [1.165, 1.54) is 11.1 Å². The van der Waals surface area contributed by atoms with Gasteiger partial charge in [0, 0.05) is 17.8 Å². The van der Waals surface area contributed by atoms with Crippen LogP contribution in [0.15, 0.2) is 42.5 Å². The van der Waals surface area contributed by atoms with Crippen LogP contribution in [0.5, 0.6) is 0 Å². The van der Waals surface area contributed by atoms with Gasteiger partial charge >= 0.3 is 0 Å². The lowest BCUT2D eigenvalue weighted by Crippen LogP contribution is -2.53. The number of aryl methyl sites for hydroxylation is 1. The number of nitrogens with zero attached hydrogens (tertiary/aromatic N) is 1. The Morgan fingerprint density at radius 2 is 1.78 bits per heavy atom. The van der Waals surface area contributed by atoms with Crippen LogP contribution in [0.1, 0.15) is 50.8 Å². The van der Waals surface area contributed by atoms with Gasteiger partial charge in [0.2, 0.25) is 11.8 Å². The summed E-state index contributed by atoms with van der Waals surface area (Å²) in [7, 11) is 0. The lowest BCUT2D eigenvalue weighted by molar-refractivity contribution is -0.140. The Morgan fingerprint density at radius 1 is 1.09 bits per heavy atom. The fraction of sp³-hybridized carbons (Fsp3) is 0.440. The summed E-state index contributed by atoms with van der Waals surface area (Å²) in [6, 6.07) is 12.9. The SMILES string of the molecule is CC[C@H](C(=O)NC(C)(C)C)N(Cc1ccc(Cl)c(Cl)c1)C(=O)CSCc1ccccc1C. The van der Waals surface area contributed by atoms with Crippen molar-refractivity contribution in [3.8, 4) is 0 Å². The predicted octanol–water partition coefficient (Wildman–Crippen LogP) is 6.26. The number of hydrogen-bond donors (Lipinski definition) is 1. The molecule has 0 fully saturated rings. The van der Waals surface area contributed by atoms with E-state index in [0.717, 1.165) is 11.3 Å². The van der Waals surface area contributed by atoms with Gasteiger partial charge in [-0.25, -0.2) is 0 Å². The fourth-order valence-corrected chi connectivity index (χ4v) is 4.62. The van der Waals surface area contributed by atoms with Crippen LogP contribution < -0.4 is 5.32 Å². The Morgan fingerprint density at radius 3 is 2.38 bits per heavy atom. The second kappa shape index (κ2) is 12.0. The van der Waals surface area contributed by atoms with Crippen LogP contribution in [0.2, 0.25) is 10.0 Å². The van der Waals surface area contributed by atoms with E-state index in [1.807, 2.05) is 45.9 Å². The second-order valence-electron chi connectivity index (χ2n) is 8.85. The first kappa shape index (κ1) is 26.6. The Bertz CT molecular complexity index is 944. The molecule has 0 bridgehead atoms. The van der Waals surface area contributed by atoms with E-state index in [1.54, 1.807) is 28.8 Å². The third kappa shape index (κ3) is 8.02. The highest BCUT2D eigenvalue weighted by Gasteiger charge is 2.30. The number of carbonyl (C=O) groups is 2. The van der Waals surface area contributed by atoms with Crippen molar-refractivity contribution in [2.24, 2.45) is 0 Å². The van der Waals surface area contributed by atoms with E-state index in [-0.39, 0.29) is 29.7 Å². The van der Waals surface area contributed by atoms with Crippen molar-refractivity contribution in [2.75, 3.05) is 5.75 Å². The lowest BCUT2D eigenvalue weighted by atomic mass is 10.1. The highest BCUT2D eigenvalue weighted by Crippen LogP contribution is 2.25. The summed E-state index contributed by atoms with van der Waals surface area (Å²) < 4.78 is 0. The van der Waals surface area contributed by atoms with Crippen LogP contribution >= 0.6 is 35.0 Å². The molecule has 2 rings (SSSR count). The van der Waals surface area contributed by atoms with Crippen molar-refractivity contribution >= 4 is 46.8 Å². The van der Waals surface area contributed by atoms with Crippen LogP contribution in [0.3, 0.4) is 0 Å². The first-order chi connectivity index (χ1) is 15.0. The van der Waals surface area contributed by atoms with E-state index in [0.29, 0.717) is 16.5 Å². The van der Waals surface area contributed by atoms with Crippen LogP contribution in [-0.4, -0.2) is 34.0 Å². The second-order valence-corrected chi connectivity index (χ2v) is 10.7. The molecule has 0 saturated carbocycles. The molecule has 0 unspecified atom stereocenters. The Hall–Kier alpha value is -1.69. The van der Waals surface area contributed by atoms with Gasteiger partial charge in [-0.2, -0.15) is 0 Å². The summed E-state index contributed by atoms with van der Waals surface area (Å²) in [5.41, 5.74) is 2.86. The molecule has 0 saturated heterocycles. The number of amides is 2. The standard InChI is InChI=1S/C25H32Cl2N2O2S/c1-6-22(24(31)28-25(3,4)5)29(14-18-11-12-20(26)21(27)13-18)23(30)16-32-15-19-10-8-7-9-17(19)2/h7-13,22H,6,14-16H2,1-5H3,(H,28,31)/t22-/m1/s1. The van der Waals surface area contributed by atoms with Gasteiger partial charge in [-0.15, -0.1) is 11.8 Å². The van der Waals surface area contributed by atoms with Crippen molar-refractivity contribution in [3.05, 3.63) is 69.2 Å². The van der Waals surface area contributed by atoms with Crippen molar-refractivity contribution < 1.29 is 9.59 Å². The molecule has 1 atom stereocenters. The molecular weight excluding hydrogens is 463 g/mol. The zero-order valence-electron chi connectivity index (χ0n) is 19.4. The predicted molar refractivity (Wildman–Crippen MR) is 136 cm³/mol. The summed E-state index contributed by atoms with van der Waals surface area (Å²) in [5, 5.41) is 3.90.